The zero-order chi connectivity index (χ0) is 25.7. The molecule has 3 aliphatic heterocycles. The van der Waals surface area contributed by atoms with Crippen LogP contribution < -0.4 is 9.80 Å². The first kappa shape index (κ1) is 25.1. The third-order valence-corrected chi connectivity index (χ3v) is 10.7. The third-order valence-electron chi connectivity index (χ3n) is 8.22. The third kappa shape index (κ3) is 4.00. The van der Waals surface area contributed by atoms with Crippen molar-refractivity contribution in [1.29, 1.82) is 0 Å². The molecule has 3 heterocycles. The number of fused-ring (bicyclic) bond motifs is 2. The molecule has 2 aromatic rings. The van der Waals surface area contributed by atoms with Gasteiger partial charge in [0.1, 0.15) is 0 Å². The van der Waals surface area contributed by atoms with E-state index in [-0.39, 0.29) is 36.0 Å². The van der Waals surface area contributed by atoms with E-state index in [1.165, 1.54) is 0 Å². The maximum atomic E-state index is 14.2. The molecule has 0 aliphatic carbocycles. The van der Waals surface area contributed by atoms with E-state index < -0.39 is 13.9 Å². The van der Waals surface area contributed by atoms with Crippen LogP contribution in [0, 0.1) is 5.92 Å². The van der Waals surface area contributed by atoms with Gasteiger partial charge in [-0.05, 0) is 56.1 Å². The molecule has 2 fully saturated rings. The quantitative estimate of drug-likeness (QED) is 0.577. The molecule has 2 amide bonds. The number of hydrogen-bond acceptors (Lipinski definition) is 5. The Bertz CT molecular complexity index is 1150. The highest BCUT2D eigenvalue weighted by atomic mass is 28.4. The van der Waals surface area contributed by atoms with Crippen LogP contribution in [0.4, 0.5) is 11.4 Å². The molecule has 5 rings (SSSR count). The van der Waals surface area contributed by atoms with Crippen molar-refractivity contribution in [2.75, 3.05) is 23.0 Å². The van der Waals surface area contributed by atoms with Gasteiger partial charge in [0.15, 0.2) is 13.9 Å². The minimum atomic E-state index is -2.70. The van der Waals surface area contributed by atoms with Gasteiger partial charge < -0.3 is 24.4 Å². The second-order valence-corrected chi connectivity index (χ2v) is 14.9. The summed E-state index contributed by atoms with van der Waals surface area (Å²) < 4.78 is 6.60. The molecule has 2 N–H and O–H groups in total. The van der Waals surface area contributed by atoms with Gasteiger partial charge in [0.05, 0.1) is 18.3 Å². The summed E-state index contributed by atoms with van der Waals surface area (Å²) in [5.74, 6) is -0.184. The van der Waals surface area contributed by atoms with Crippen LogP contribution in [0.1, 0.15) is 43.7 Å². The fraction of sp³-hybridized carbons (Fsp3) is 0.500. The highest BCUT2D eigenvalue weighted by molar-refractivity contribution is 6.71. The molecule has 0 aromatic heterocycles. The number of aliphatic hydroxyl groups excluding tert-OH is 1. The number of anilines is 2. The van der Waals surface area contributed by atoms with E-state index in [2.05, 4.69) is 0 Å². The number of carbonyl (C=O) groups excluding carboxylic acids is 2. The maximum absolute atomic E-state index is 14.2. The summed E-state index contributed by atoms with van der Waals surface area (Å²) in [7, 11) is -2.70. The van der Waals surface area contributed by atoms with E-state index in [0.29, 0.717) is 19.4 Å². The Morgan fingerprint density at radius 1 is 1.08 bits per heavy atom. The normalized spacial score (nSPS) is 28.3. The minimum absolute atomic E-state index is 0.0557. The molecule has 192 valence electrons. The van der Waals surface area contributed by atoms with Gasteiger partial charge in [-0.1, -0.05) is 37.3 Å². The summed E-state index contributed by atoms with van der Waals surface area (Å²) in [4.78, 5) is 41.3. The van der Waals surface area contributed by atoms with E-state index >= 15 is 0 Å². The summed E-state index contributed by atoms with van der Waals surface area (Å²) >= 11 is 0. The van der Waals surface area contributed by atoms with Crippen LogP contribution in [-0.2, 0) is 26.5 Å². The summed E-state index contributed by atoms with van der Waals surface area (Å²) in [6, 6.07) is 15.7. The molecule has 2 aromatic carbocycles. The van der Waals surface area contributed by atoms with Crippen LogP contribution in [0.15, 0.2) is 48.5 Å². The Balaban J connectivity index is 1.46. The van der Waals surface area contributed by atoms with Crippen molar-refractivity contribution in [3.8, 4) is 0 Å². The van der Waals surface area contributed by atoms with Gasteiger partial charge in [0.25, 0.3) is 5.91 Å². The summed E-state index contributed by atoms with van der Waals surface area (Å²) in [5.41, 5.74) is 2.17. The fourth-order valence-electron chi connectivity index (χ4n) is 6.63. The highest BCUT2D eigenvalue weighted by Gasteiger charge is 2.65. The van der Waals surface area contributed by atoms with Gasteiger partial charge in [0, 0.05) is 42.3 Å². The second kappa shape index (κ2) is 9.41. The first-order valence-corrected chi connectivity index (χ1v) is 16.0. The van der Waals surface area contributed by atoms with Crippen LogP contribution in [0.3, 0.4) is 0 Å². The molecule has 8 heteroatoms. The first-order valence-electron chi connectivity index (χ1n) is 13.0. The van der Waals surface area contributed by atoms with Crippen LogP contribution >= 0.6 is 0 Å². The Morgan fingerprint density at radius 2 is 1.81 bits per heavy atom. The monoisotopic (exact) mass is 508 g/mol. The molecule has 36 heavy (non-hydrogen) atoms. The van der Waals surface area contributed by atoms with E-state index in [1.54, 1.807) is 4.90 Å². The maximum Gasteiger partial charge on any atom is 0.264 e. The first-order chi connectivity index (χ1) is 17.2. The number of nitrogens with zero attached hydrogens (tertiary/aromatic N) is 2. The lowest BCUT2D eigenvalue weighted by Crippen LogP contribution is -2.46. The van der Waals surface area contributed by atoms with Crippen LogP contribution in [0.2, 0.25) is 18.6 Å². The Labute approximate surface area is 213 Å². The molecule has 1 spiro atoms. The molecule has 7 nitrogen and oxygen atoms in total. The lowest BCUT2D eigenvalue weighted by atomic mass is 9.82. The molecule has 0 bridgehead atoms. The number of rotatable bonds is 6. The van der Waals surface area contributed by atoms with E-state index in [0.717, 1.165) is 41.9 Å². The largest absolute Gasteiger partial charge is 0.432 e. The van der Waals surface area contributed by atoms with Gasteiger partial charge in [-0.25, -0.2) is 0 Å². The number of aliphatic hydroxyl groups is 1. The SMILES string of the molecule is C[C@@H]1[C@@H]([Si](C)(C)O)[C@H](CCO)O[C@@]12C(=O)N(Cc1ccc(N3CCCCC3=O)cc1)c1ccccc12. The molecule has 3 aliphatic rings. The predicted molar refractivity (Wildman–Crippen MR) is 141 cm³/mol. The summed E-state index contributed by atoms with van der Waals surface area (Å²) in [6.07, 6.45) is 2.56. The van der Waals surface area contributed by atoms with Crippen LogP contribution in [0.5, 0.6) is 0 Å². The van der Waals surface area contributed by atoms with E-state index in [1.807, 2.05) is 73.4 Å². The van der Waals surface area contributed by atoms with Gasteiger partial charge in [-0.15, -0.1) is 0 Å². The number of ether oxygens (including phenoxy) is 1. The van der Waals surface area contributed by atoms with E-state index in [4.69, 9.17) is 4.74 Å². The number of para-hydroxylation sites is 1. The Morgan fingerprint density at radius 3 is 2.47 bits per heavy atom. The average molecular weight is 509 g/mol. The Hall–Kier alpha value is -2.52. The summed E-state index contributed by atoms with van der Waals surface area (Å²) in [6.45, 7) is 6.86. The number of amides is 2. The molecular formula is C28H36N2O5Si. The molecule has 4 atom stereocenters. The smallest absolute Gasteiger partial charge is 0.264 e. The topological polar surface area (TPSA) is 90.3 Å². The van der Waals surface area contributed by atoms with Crippen molar-refractivity contribution in [1.82, 2.24) is 0 Å². The fourth-order valence-corrected chi connectivity index (χ4v) is 9.23. The van der Waals surface area contributed by atoms with Gasteiger partial charge in [-0.3, -0.25) is 9.59 Å². The van der Waals surface area contributed by atoms with Crippen molar-refractivity contribution < 1.29 is 24.2 Å². The van der Waals surface area contributed by atoms with Gasteiger partial charge >= 0.3 is 0 Å². The molecule has 2 saturated heterocycles. The van der Waals surface area contributed by atoms with Crippen molar-refractivity contribution in [2.24, 2.45) is 5.92 Å². The van der Waals surface area contributed by atoms with E-state index in [9.17, 15) is 19.5 Å². The molecular weight excluding hydrogens is 472 g/mol. The molecule has 0 radical (unpaired) electrons. The summed E-state index contributed by atoms with van der Waals surface area (Å²) in [5, 5.41) is 9.70. The zero-order valence-corrected chi connectivity index (χ0v) is 22.3. The molecule has 0 saturated carbocycles. The lowest BCUT2D eigenvalue weighted by molar-refractivity contribution is -0.146. The zero-order valence-electron chi connectivity index (χ0n) is 21.3. The number of benzene rings is 2. The van der Waals surface area contributed by atoms with Gasteiger partial charge in [0.2, 0.25) is 5.91 Å². The van der Waals surface area contributed by atoms with Crippen molar-refractivity contribution in [3.05, 3.63) is 59.7 Å². The molecule has 0 unspecified atom stereocenters. The van der Waals surface area contributed by atoms with Crippen molar-refractivity contribution in [2.45, 2.75) is 69.5 Å². The van der Waals surface area contributed by atoms with Crippen LogP contribution in [-0.4, -0.2) is 49.3 Å². The number of carbonyl (C=O) groups is 2. The second-order valence-electron chi connectivity index (χ2n) is 10.9. The standard InChI is InChI=1S/C28H36N2O5Si/c1-19-26(36(2,3)34)24(15-17-31)35-28(19)22-8-4-5-9-23(22)30(27(28)33)18-20-11-13-21(14-12-20)29-16-7-6-10-25(29)32/h4-5,8-9,11-14,19,24,26,31,34H,6-7,10,15-18H2,1-3H3/t19-,24+,26-,28+/m1/s1. The minimum Gasteiger partial charge on any atom is -0.432 e. The van der Waals surface area contributed by atoms with Crippen LogP contribution in [0.25, 0.3) is 0 Å². The number of piperidine rings is 1. The Kier molecular flexibility index (Phi) is 6.57. The lowest BCUT2D eigenvalue weighted by Gasteiger charge is -2.32. The average Bonchev–Trinajstić information content (AvgIpc) is 3.27. The highest BCUT2D eigenvalue weighted by Crippen LogP contribution is 2.59. The predicted octanol–water partition coefficient (Wildman–Crippen LogP) is 3.93. The van der Waals surface area contributed by atoms with Gasteiger partial charge in [-0.2, -0.15) is 0 Å². The van der Waals surface area contributed by atoms with Crippen molar-refractivity contribution in [3.63, 3.8) is 0 Å². The number of hydrogen-bond donors (Lipinski definition) is 2. The van der Waals surface area contributed by atoms with Crippen molar-refractivity contribution >= 4 is 31.5 Å².